The van der Waals surface area contributed by atoms with Crippen molar-refractivity contribution in [2.24, 2.45) is 12.0 Å². The molecule has 0 aliphatic carbocycles. The SMILES string of the molecule is COC(C)(C)CNC(=NCc1nnc(C)n1C)NCCN1CCOCC1.I. The van der Waals surface area contributed by atoms with E-state index in [1.165, 1.54) is 0 Å². The molecule has 0 amide bonds. The topological polar surface area (TPSA) is 88.8 Å². The summed E-state index contributed by atoms with van der Waals surface area (Å²) >= 11 is 0. The van der Waals surface area contributed by atoms with Crippen LogP contribution >= 0.6 is 24.0 Å². The van der Waals surface area contributed by atoms with Crippen LogP contribution in [0.15, 0.2) is 4.99 Å². The number of nitrogens with zero attached hydrogens (tertiary/aromatic N) is 5. The van der Waals surface area contributed by atoms with Crippen molar-refractivity contribution < 1.29 is 9.47 Å². The van der Waals surface area contributed by atoms with Crippen molar-refractivity contribution >= 4 is 29.9 Å². The minimum atomic E-state index is -0.270. The molecule has 1 aliphatic rings. The number of guanidine groups is 1. The van der Waals surface area contributed by atoms with Crippen molar-refractivity contribution in [3.63, 3.8) is 0 Å². The van der Waals surface area contributed by atoms with Gasteiger partial charge in [-0.1, -0.05) is 0 Å². The van der Waals surface area contributed by atoms with Gasteiger partial charge in [0.2, 0.25) is 0 Å². The average molecular weight is 495 g/mol. The van der Waals surface area contributed by atoms with E-state index in [-0.39, 0.29) is 29.6 Å². The Morgan fingerprint density at radius 1 is 1.26 bits per heavy atom. The van der Waals surface area contributed by atoms with E-state index in [2.05, 4.69) is 30.7 Å². The highest BCUT2D eigenvalue weighted by Crippen LogP contribution is 2.05. The summed E-state index contributed by atoms with van der Waals surface area (Å²) in [6.07, 6.45) is 0. The van der Waals surface area contributed by atoms with Crippen LogP contribution in [0.4, 0.5) is 0 Å². The Labute approximate surface area is 179 Å². The fourth-order valence-electron chi connectivity index (χ4n) is 2.44. The second-order valence-corrected chi connectivity index (χ2v) is 7.09. The molecule has 0 saturated carbocycles. The standard InChI is InChI=1S/C17H33N7O2.HI/c1-14-21-22-15(23(14)4)12-19-16(20-13-17(2,3)25-5)18-6-7-24-8-10-26-11-9-24;/h6-13H2,1-5H3,(H2,18,19,20);1H. The number of halogens is 1. The maximum atomic E-state index is 5.48. The first-order chi connectivity index (χ1) is 12.4. The third-order valence-electron chi connectivity index (χ3n) is 4.62. The van der Waals surface area contributed by atoms with Gasteiger partial charge in [-0.15, -0.1) is 34.2 Å². The van der Waals surface area contributed by atoms with Gasteiger partial charge in [0.15, 0.2) is 11.8 Å². The lowest BCUT2D eigenvalue weighted by Crippen LogP contribution is -2.48. The second-order valence-electron chi connectivity index (χ2n) is 7.09. The molecule has 1 fully saturated rings. The quantitative estimate of drug-likeness (QED) is 0.309. The van der Waals surface area contributed by atoms with Crippen molar-refractivity contribution in [1.29, 1.82) is 0 Å². The molecule has 0 unspecified atom stereocenters. The van der Waals surface area contributed by atoms with Gasteiger partial charge in [-0.05, 0) is 20.8 Å². The van der Waals surface area contributed by atoms with E-state index >= 15 is 0 Å². The predicted molar refractivity (Wildman–Crippen MR) is 117 cm³/mol. The van der Waals surface area contributed by atoms with Gasteiger partial charge in [-0.2, -0.15) is 0 Å². The molecule has 1 aromatic heterocycles. The highest BCUT2D eigenvalue weighted by molar-refractivity contribution is 14.0. The van der Waals surface area contributed by atoms with Crippen LogP contribution in [0.5, 0.6) is 0 Å². The third-order valence-corrected chi connectivity index (χ3v) is 4.62. The largest absolute Gasteiger partial charge is 0.379 e. The summed E-state index contributed by atoms with van der Waals surface area (Å²) < 4.78 is 12.8. The molecule has 9 nitrogen and oxygen atoms in total. The number of aryl methyl sites for hydroxylation is 1. The molecule has 2 heterocycles. The van der Waals surface area contributed by atoms with Crippen molar-refractivity contribution in [1.82, 2.24) is 30.3 Å². The third kappa shape index (κ3) is 8.28. The molecule has 0 atom stereocenters. The van der Waals surface area contributed by atoms with E-state index in [0.29, 0.717) is 13.1 Å². The van der Waals surface area contributed by atoms with Crippen LogP contribution in [0.1, 0.15) is 25.5 Å². The number of nitrogens with one attached hydrogen (secondary N) is 2. The second kappa shape index (κ2) is 11.8. The van der Waals surface area contributed by atoms with Gasteiger partial charge >= 0.3 is 0 Å². The number of aromatic nitrogens is 3. The minimum absolute atomic E-state index is 0. The van der Waals surface area contributed by atoms with Gasteiger partial charge in [0.1, 0.15) is 12.4 Å². The Morgan fingerprint density at radius 2 is 1.96 bits per heavy atom. The Kier molecular flexibility index (Phi) is 10.5. The molecule has 0 bridgehead atoms. The molecule has 156 valence electrons. The number of hydrogen-bond donors (Lipinski definition) is 2. The smallest absolute Gasteiger partial charge is 0.191 e. The Balaban J connectivity index is 0.00000364. The van der Waals surface area contributed by atoms with Gasteiger partial charge in [-0.3, -0.25) is 4.90 Å². The highest BCUT2D eigenvalue weighted by Gasteiger charge is 2.17. The number of morpholine rings is 1. The van der Waals surface area contributed by atoms with E-state index in [4.69, 9.17) is 9.47 Å². The zero-order valence-corrected chi connectivity index (χ0v) is 19.4. The molecule has 0 spiro atoms. The zero-order chi connectivity index (χ0) is 19.0. The van der Waals surface area contributed by atoms with Crippen molar-refractivity contribution in [2.45, 2.75) is 32.9 Å². The van der Waals surface area contributed by atoms with Crippen molar-refractivity contribution in [3.8, 4) is 0 Å². The first-order valence-corrected chi connectivity index (χ1v) is 9.13. The number of hydrogen-bond acceptors (Lipinski definition) is 6. The van der Waals surface area contributed by atoms with Crippen LogP contribution in [-0.4, -0.2) is 84.3 Å². The molecule has 2 N–H and O–H groups in total. The lowest BCUT2D eigenvalue weighted by Gasteiger charge is -2.27. The van der Waals surface area contributed by atoms with Crippen molar-refractivity contribution in [2.75, 3.05) is 53.0 Å². The lowest BCUT2D eigenvalue weighted by atomic mass is 10.1. The number of aliphatic imine (C=N–C) groups is 1. The van der Waals surface area contributed by atoms with Gasteiger partial charge in [0.05, 0.1) is 18.8 Å². The number of ether oxygens (including phenoxy) is 2. The monoisotopic (exact) mass is 495 g/mol. The van der Waals surface area contributed by atoms with Crippen LogP contribution in [-0.2, 0) is 23.1 Å². The van der Waals surface area contributed by atoms with Gasteiger partial charge < -0.3 is 24.7 Å². The van der Waals surface area contributed by atoms with Gasteiger partial charge in [0.25, 0.3) is 0 Å². The van der Waals surface area contributed by atoms with Crippen LogP contribution in [0.25, 0.3) is 0 Å². The van der Waals surface area contributed by atoms with E-state index < -0.39 is 0 Å². The molecule has 27 heavy (non-hydrogen) atoms. The predicted octanol–water partition coefficient (Wildman–Crippen LogP) is 0.534. The van der Waals surface area contributed by atoms with Crippen LogP contribution in [0.3, 0.4) is 0 Å². The molecule has 2 rings (SSSR count). The maximum absolute atomic E-state index is 5.48. The van der Waals surface area contributed by atoms with E-state index in [9.17, 15) is 0 Å². The summed E-state index contributed by atoms with van der Waals surface area (Å²) in [5, 5.41) is 15.0. The summed E-state index contributed by atoms with van der Waals surface area (Å²) in [5.74, 6) is 2.47. The molecular weight excluding hydrogens is 461 g/mol. The van der Waals surface area contributed by atoms with E-state index in [1.807, 2.05) is 32.4 Å². The van der Waals surface area contributed by atoms with Crippen LogP contribution in [0.2, 0.25) is 0 Å². The Morgan fingerprint density at radius 3 is 2.56 bits per heavy atom. The number of methoxy groups -OCH3 is 1. The number of rotatable bonds is 8. The van der Waals surface area contributed by atoms with Crippen molar-refractivity contribution in [3.05, 3.63) is 11.6 Å². The maximum Gasteiger partial charge on any atom is 0.191 e. The molecule has 0 radical (unpaired) electrons. The fourth-order valence-corrected chi connectivity index (χ4v) is 2.44. The first kappa shape index (κ1) is 24.1. The van der Waals surface area contributed by atoms with Gasteiger partial charge in [0, 0.05) is 46.9 Å². The normalized spacial score (nSPS) is 16.1. The highest BCUT2D eigenvalue weighted by atomic mass is 127. The average Bonchev–Trinajstić information content (AvgIpc) is 2.96. The summed E-state index contributed by atoms with van der Waals surface area (Å²) in [6.45, 7) is 12.5. The summed E-state index contributed by atoms with van der Waals surface area (Å²) in [6, 6.07) is 0. The minimum Gasteiger partial charge on any atom is -0.379 e. The summed E-state index contributed by atoms with van der Waals surface area (Å²) in [4.78, 5) is 7.05. The molecule has 1 saturated heterocycles. The first-order valence-electron chi connectivity index (χ1n) is 9.13. The summed E-state index contributed by atoms with van der Waals surface area (Å²) in [5.41, 5.74) is -0.270. The Bertz CT molecular complexity index is 586. The van der Waals surface area contributed by atoms with E-state index in [1.54, 1.807) is 7.11 Å². The molecule has 0 aromatic carbocycles. The van der Waals surface area contributed by atoms with Crippen LogP contribution < -0.4 is 10.6 Å². The lowest BCUT2D eigenvalue weighted by molar-refractivity contribution is 0.0267. The molecule has 10 heteroatoms. The summed E-state index contributed by atoms with van der Waals surface area (Å²) in [7, 11) is 3.67. The fraction of sp³-hybridized carbons (Fsp3) is 0.824. The molecular formula is C17H34IN7O2. The van der Waals surface area contributed by atoms with Gasteiger partial charge in [-0.25, -0.2) is 4.99 Å². The molecule has 1 aromatic rings. The van der Waals surface area contributed by atoms with Crippen LogP contribution in [0, 0.1) is 6.92 Å². The molecule has 1 aliphatic heterocycles. The van der Waals surface area contributed by atoms with E-state index in [0.717, 1.165) is 57.0 Å². The Hall–Kier alpha value is -0.980. The zero-order valence-electron chi connectivity index (χ0n) is 17.1.